The first kappa shape index (κ1) is 20.7. The number of fused-ring (bicyclic) bond motifs is 1. The normalized spacial score (nSPS) is 24.2. The number of rotatable bonds is 6. The summed E-state index contributed by atoms with van der Waals surface area (Å²) in [4.78, 5) is 43.3. The van der Waals surface area contributed by atoms with Crippen molar-refractivity contribution >= 4 is 23.4 Å². The Balaban J connectivity index is 1.29. The van der Waals surface area contributed by atoms with Crippen molar-refractivity contribution in [1.29, 1.82) is 0 Å². The molecule has 2 atom stereocenters. The van der Waals surface area contributed by atoms with E-state index in [0.29, 0.717) is 19.7 Å². The quantitative estimate of drug-likeness (QED) is 0.670. The van der Waals surface area contributed by atoms with E-state index in [1.807, 2.05) is 36.1 Å². The summed E-state index contributed by atoms with van der Waals surface area (Å²) in [7, 11) is 0. The van der Waals surface area contributed by atoms with Crippen LogP contribution in [0.2, 0.25) is 0 Å². The van der Waals surface area contributed by atoms with E-state index >= 15 is 0 Å². The standard InChI is InChI=1S/C23H31N3O4/c1-2-30-20-10-6-5-9-19(20)24-13-15-25(16-14-24)21(27)11-12-26-22(28)17-7-3-4-8-18(17)23(26)29/h5-6,9-10,17-18H,2-4,7-8,11-16H2,1H3/t17-,18-/m1/s1. The number of imide groups is 1. The van der Waals surface area contributed by atoms with E-state index < -0.39 is 0 Å². The van der Waals surface area contributed by atoms with Crippen molar-refractivity contribution in [3.05, 3.63) is 24.3 Å². The first-order chi connectivity index (χ1) is 14.6. The molecule has 1 aliphatic carbocycles. The fraction of sp³-hybridized carbons (Fsp3) is 0.609. The van der Waals surface area contributed by atoms with E-state index in [1.54, 1.807) is 0 Å². The van der Waals surface area contributed by atoms with Crippen molar-refractivity contribution in [2.24, 2.45) is 11.8 Å². The largest absolute Gasteiger partial charge is 0.492 e. The van der Waals surface area contributed by atoms with Gasteiger partial charge in [-0.3, -0.25) is 19.3 Å². The molecule has 1 saturated carbocycles. The number of nitrogens with zero attached hydrogens (tertiary/aromatic N) is 3. The van der Waals surface area contributed by atoms with E-state index in [2.05, 4.69) is 4.90 Å². The molecule has 0 radical (unpaired) electrons. The summed E-state index contributed by atoms with van der Waals surface area (Å²) in [5, 5.41) is 0. The van der Waals surface area contributed by atoms with Crippen molar-refractivity contribution in [2.75, 3.05) is 44.2 Å². The summed E-state index contributed by atoms with van der Waals surface area (Å²) in [5.41, 5.74) is 1.06. The van der Waals surface area contributed by atoms with Crippen LogP contribution in [0, 0.1) is 11.8 Å². The number of piperazine rings is 1. The molecule has 3 amide bonds. The molecule has 0 aromatic heterocycles. The van der Waals surface area contributed by atoms with Crippen molar-refractivity contribution in [3.8, 4) is 5.75 Å². The Hall–Kier alpha value is -2.57. The lowest BCUT2D eigenvalue weighted by Crippen LogP contribution is -2.49. The van der Waals surface area contributed by atoms with Crippen molar-refractivity contribution in [2.45, 2.75) is 39.0 Å². The molecule has 0 spiro atoms. The molecule has 1 aromatic carbocycles. The zero-order valence-electron chi connectivity index (χ0n) is 17.7. The molecule has 7 nitrogen and oxygen atoms in total. The highest BCUT2D eigenvalue weighted by molar-refractivity contribution is 6.05. The summed E-state index contributed by atoms with van der Waals surface area (Å²) < 4.78 is 5.73. The molecule has 3 fully saturated rings. The zero-order valence-corrected chi connectivity index (χ0v) is 17.7. The molecule has 2 saturated heterocycles. The van der Waals surface area contributed by atoms with Crippen LogP contribution < -0.4 is 9.64 Å². The molecule has 7 heteroatoms. The lowest BCUT2D eigenvalue weighted by Gasteiger charge is -2.37. The maximum Gasteiger partial charge on any atom is 0.233 e. The van der Waals surface area contributed by atoms with Crippen molar-refractivity contribution in [3.63, 3.8) is 0 Å². The molecule has 2 heterocycles. The molecule has 0 unspecified atom stereocenters. The average molecular weight is 414 g/mol. The second kappa shape index (κ2) is 9.06. The average Bonchev–Trinajstić information content (AvgIpc) is 3.03. The number of carbonyl (C=O) groups excluding carboxylic acids is 3. The Morgan fingerprint density at radius 1 is 1.00 bits per heavy atom. The lowest BCUT2D eigenvalue weighted by molar-refractivity contribution is -0.140. The van der Waals surface area contributed by atoms with Crippen molar-refractivity contribution < 1.29 is 19.1 Å². The van der Waals surface area contributed by atoms with Crippen LogP contribution in [0.4, 0.5) is 5.69 Å². The van der Waals surface area contributed by atoms with Gasteiger partial charge in [-0.05, 0) is 31.9 Å². The van der Waals surface area contributed by atoms with Gasteiger partial charge in [0.05, 0.1) is 24.1 Å². The SMILES string of the molecule is CCOc1ccccc1N1CCN(C(=O)CCN2C(=O)[C@@H]3CCCC[C@H]3C2=O)CC1. The molecule has 1 aromatic rings. The summed E-state index contributed by atoms with van der Waals surface area (Å²) in [6.45, 7) is 5.54. The van der Waals surface area contributed by atoms with Gasteiger partial charge in [-0.25, -0.2) is 0 Å². The second-order valence-electron chi connectivity index (χ2n) is 8.34. The first-order valence-corrected chi connectivity index (χ1v) is 11.2. The molecule has 0 N–H and O–H groups in total. The number of carbonyl (C=O) groups is 3. The van der Waals surface area contributed by atoms with Gasteiger partial charge in [0.25, 0.3) is 0 Å². The smallest absolute Gasteiger partial charge is 0.233 e. The van der Waals surface area contributed by atoms with E-state index in [-0.39, 0.29) is 42.5 Å². The van der Waals surface area contributed by atoms with Crippen LogP contribution in [0.15, 0.2) is 24.3 Å². The summed E-state index contributed by atoms with van der Waals surface area (Å²) >= 11 is 0. The fourth-order valence-electron chi connectivity index (χ4n) is 5.01. The van der Waals surface area contributed by atoms with Gasteiger partial charge >= 0.3 is 0 Å². The third-order valence-electron chi connectivity index (χ3n) is 6.62. The highest BCUT2D eigenvalue weighted by Gasteiger charge is 2.47. The number of anilines is 1. The number of hydrogen-bond acceptors (Lipinski definition) is 5. The molecule has 0 bridgehead atoms. The Morgan fingerprint density at radius 2 is 1.63 bits per heavy atom. The van der Waals surface area contributed by atoms with Crippen molar-refractivity contribution in [1.82, 2.24) is 9.80 Å². The van der Waals surface area contributed by atoms with Crippen LogP contribution in [0.25, 0.3) is 0 Å². The van der Waals surface area contributed by atoms with Gasteiger partial charge in [0.15, 0.2) is 0 Å². The predicted molar refractivity (Wildman–Crippen MR) is 113 cm³/mol. The van der Waals surface area contributed by atoms with Gasteiger partial charge < -0.3 is 14.5 Å². The number of para-hydroxylation sites is 2. The summed E-state index contributed by atoms with van der Waals surface area (Å²) in [6, 6.07) is 7.98. The van der Waals surface area contributed by atoms with E-state index in [9.17, 15) is 14.4 Å². The molecule has 30 heavy (non-hydrogen) atoms. The highest BCUT2D eigenvalue weighted by atomic mass is 16.5. The monoisotopic (exact) mass is 413 g/mol. The fourth-order valence-corrected chi connectivity index (χ4v) is 5.01. The number of likely N-dealkylation sites (tertiary alicyclic amines) is 1. The van der Waals surface area contributed by atoms with Crippen LogP contribution in [-0.2, 0) is 14.4 Å². The number of ether oxygens (including phenoxy) is 1. The van der Waals surface area contributed by atoms with E-state index in [4.69, 9.17) is 4.74 Å². The lowest BCUT2D eigenvalue weighted by atomic mass is 9.81. The third-order valence-corrected chi connectivity index (χ3v) is 6.62. The Morgan fingerprint density at radius 3 is 2.27 bits per heavy atom. The molecular formula is C23H31N3O4. The number of benzene rings is 1. The Kier molecular flexibility index (Phi) is 6.25. The molecule has 4 rings (SSSR count). The zero-order chi connectivity index (χ0) is 21.1. The van der Waals surface area contributed by atoms with Gasteiger partial charge in [-0.2, -0.15) is 0 Å². The predicted octanol–water partition coefficient (Wildman–Crippen LogP) is 2.30. The van der Waals surface area contributed by atoms with Gasteiger partial charge in [0.2, 0.25) is 17.7 Å². The van der Waals surface area contributed by atoms with Crippen LogP contribution in [0.1, 0.15) is 39.0 Å². The summed E-state index contributed by atoms with van der Waals surface area (Å²) in [6.07, 6.45) is 3.87. The van der Waals surface area contributed by atoms with Gasteiger partial charge in [0, 0.05) is 39.1 Å². The minimum absolute atomic E-state index is 0.0169. The van der Waals surface area contributed by atoms with Crippen LogP contribution in [0.5, 0.6) is 5.75 Å². The van der Waals surface area contributed by atoms with Crippen LogP contribution in [-0.4, -0.2) is 66.9 Å². The van der Waals surface area contributed by atoms with Gasteiger partial charge in [-0.15, -0.1) is 0 Å². The molecule has 3 aliphatic rings. The minimum atomic E-state index is -0.143. The van der Waals surface area contributed by atoms with Gasteiger partial charge in [0.1, 0.15) is 5.75 Å². The summed E-state index contributed by atoms with van der Waals surface area (Å²) in [5.74, 6) is 0.478. The third kappa shape index (κ3) is 4.02. The highest BCUT2D eigenvalue weighted by Crippen LogP contribution is 2.38. The Labute approximate surface area is 177 Å². The topological polar surface area (TPSA) is 70.2 Å². The van der Waals surface area contributed by atoms with Gasteiger partial charge in [-0.1, -0.05) is 25.0 Å². The number of hydrogen-bond donors (Lipinski definition) is 0. The first-order valence-electron chi connectivity index (χ1n) is 11.2. The maximum atomic E-state index is 12.7. The number of amides is 3. The second-order valence-corrected chi connectivity index (χ2v) is 8.34. The van der Waals surface area contributed by atoms with E-state index in [0.717, 1.165) is 50.2 Å². The van der Waals surface area contributed by atoms with Crippen LogP contribution >= 0.6 is 0 Å². The van der Waals surface area contributed by atoms with E-state index in [1.165, 1.54) is 4.90 Å². The maximum absolute atomic E-state index is 12.7. The minimum Gasteiger partial charge on any atom is -0.492 e. The van der Waals surface area contributed by atoms with Crippen LogP contribution in [0.3, 0.4) is 0 Å². The molecular weight excluding hydrogens is 382 g/mol. The Bertz CT molecular complexity index is 779. The molecule has 162 valence electrons. The molecule has 2 aliphatic heterocycles.